The molecular formula is C23H24F3N7O2. The highest BCUT2D eigenvalue weighted by atomic mass is 19.4. The van der Waals surface area contributed by atoms with Gasteiger partial charge in [0.25, 0.3) is 0 Å². The standard InChI is InChI=1S/C23H24F3N7O2/c1-13(34)27-10-11-28-22-29-19(16-12-32(31-20(16)30-22)14-6-2-3-7-14)18-15-8-4-5-9-17(15)33(21(18)35)23(24,25)26/h4-5,8-9,12,14,18H,2-3,6-7,10-11H2,1H3,(H,27,34)(H,28,30,31). The highest BCUT2D eigenvalue weighted by Gasteiger charge is 2.52. The number of fused-ring (bicyclic) bond motifs is 2. The number of carbonyl (C=O) groups is 2. The fraction of sp³-hybridized carbons (Fsp3) is 0.435. The van der Waals surface area contributed by atoms with Crippen molar-refractivity contribution in [1.29, 1.82) is 0 Å². The predicted molar refractivity (Wildman–Crippen MR) is 122 cm³/mol. The van der Waals surface area contributed by atoms with Crippen molar-refractivity contribution in [2.45, 2.75) is 50.9 Å². The summed E-state index contributed by atoms with van der Waals surface area (Å²) in [6.45, 7) is 1.99. The molecule has 3 aromatic rings. The van der Waals surface area contributed by atoms with Crippen LogP contribution in [-0.2, 0) is 9.59 Å². The summed E-state index contributed by atoms with van der Waals surface area (Å²) < 4.78 is 43.4. The van der Waals surface area contributed by atoms with E-state index in [1.54, 1.807) is 16.9 Å². The predicted octanol–water partition coefficient (Wildman–Crippen LogP) is 3.49. The maximum absolute atomic E-state index is 13.9. The molecule has 1 saturated carbocycles. The molecule has 3 heterocycles. The summed E-state index contributed by atoms with van der Waals surface area (Å²) in [6.07, 6.45) is 0.918. The second kappa shape index (κ2) is 8.82. The van der Waals surface area contributed by atoms with E-state index in [9.17, 15) is 22.8 Å². The molecule has 35 heavy (non-hydrogen) atoms. The molecule has 12 heteroatoms. The van der Waals surface area contributed by atoms with Crippen molar-refractivity contribution in [2.75, 3.05) is 23.3 Å². The number of alkyl halides is 3. The Hall–Kier alpha value is -3.70. The van der Waals surface area contributed by atoms with Gasteiger partial charge in [-0.05, 0) is 24.5 Å². The summed E-state index contributed by atoms with van der Waals surface area (Å²) in [5.74, 6) is -2.43. The highest BCUT2D eigenvalue weighted by Crippen LogP contribution is 2.46. The number of hydrogen-bond donors (Lipinski definition) is 2. The number of carbonyl (C=O) groups excluding carboxylic acids is 2. The molecule has 1 aliphatic carbocycles. The first-order valence-corrected chi connectivity index (χ1v) is 11.5. The van der Waals surface area contributed by atoms with Gasteiger partial charge in [0.2, 0.25) is 17.8 Å². The van der Waals surface area contributed by atoms with Gasteiger partial charge < -0.3 is 10.6 Å². The van der Waals surface area contributed by atoms with Crippen molar-refractivity contribution in [1.82, 2.24) is 25.1 Å². The molecule has 2 N–H and O–H groups in total. The number of para-hydroxylation sites is 1. The summed E-state index contributed by atoms with van der Waals surface area (Å²) in [7, 11) is 0. The summed E-state index contributed by atoms with van der Waals surface area (Å²) in [4.78, 5) is 33.2. The molecule has 1 atom stereocenters. The second-order valence-electron chi connectivity index (χ2n) is 8.76. The van der Waals surface area contributed by atoms with Crippen LogP contribution in [0.1, 0.15) is 55.8 Å². The fourth-order valence-corrected chi connectivity index (χ4v) is 4.85. The Morgan fingerprint density at radius 2 is 1.89 bits per heavy atom. The monoisotopic (exact) mass is 487 g/mol. The lowest BCUT2D eigenvalue weighted by molar-refractivity contribution is -0.148. The summed E-state index contributed by atoms with van der Waals surface area (Å²) in [6, 6.07) is 6.05. The third-order valence-electron chi connectivity index (χ3n) is 6.39. The zero-order chi connectivity index (χ0) is 24.7. The van der Waals surface area contributed by atoms with Crippen molar-refractivity contribution in [2.24, 2.45) is 0 Å². The first kappa shape index (κ1) is 23.1. The van der Waals surface area contributed by atoms with Crippen LogP contribution in [0.3, 0.4) is 0 Å². The number of amides is 2. The maximum Gasteiger partial charge on any atom is 0.491 e. The zero-order valence-electron chi connectivity index (χ0n) is 19.0. The van der Waals surface area contributed by atoms with Gasteiger partial charge in [-0.3, -0.25) is 14.3 Å². The first-order valence-electron chi connectivity index (χ1n) is 11.5. The van der Waals surface area contributed by atoms with Crippen LogP contribution in [0.25, 0.3) is 11.0 Å². The van der Waals surface area contributed by atoms with Gasteiger partial charge in [0.15, 0.2) is 5.65 Å². The molecule has 0 radical (unpaired) electrons. The molecule has 1 unspecified atom stereocenters. The van der Waals surface area contributed by atoms with Crippen LogP contribution >= 0.6 is 0 Å². The average molecular weight is 487 g/mol. The lowest BCUT2D eigenvalue weighted by Crippen LogP contribution is -2.41. The molecule has 2 aromatic heterocycles. The van der Waals surface area contributed by atoms with Crippen LogP contribution in [0, 0.1) is 0 Å². The van der Waals surface area contributed by atoms with E-state index in [4.69, 9.17) is 0 Å². The van der Waals surface area contributed by atoms with E-state index in [1.165, 1.54) is 25.1 Å². The molecule has 1 fully saturated rings. The van der Waals surface area contributed by atoms with E-state index in [0.717, 1.165) is 25.7 Å². The number of hydrogen-bond acceptors (Lipinski definition) is 6. The molecule has 2 aliphatic rings. The van der Waals surface area contributed by atoms with Crippen LogP contribution in [0.15, 0.2) is 30.5 Å². The van der Waals surface area contributed by atoms with Crippen LogP contribution < -0.4 is 15.5 Å². The van der Waals surface area contributed by atoms with Crippen LogP contribution in [0.2, 0.25) is 0 Å². The topological polar surface area (TPSA) is 105 Å². The van der Waals surface area contributed by atoms with Gasteiger partial charge in [-0.25, -0.2) is 9.88 Å². The number of rotatable bonds is 6. The SMILES string of the molecule is CC(=O)NCCNc1nc(C2C(=O)N(C(F)(F)F)c3ccccc32)c2cn(C3CCCC3)nc2n1. The molecule has 9 nitrogen and oxygen atoms in total. The van der Waals surface area contributed by atoms with E-state index in [-0.39, 0.29) is 46.3 Å². The Bertz CT molecular complexity index is 1280. The number of aromatic nitrogens is 4. The van der Waals surface area contributed by atoms with Crippen molar-refractivity contribution in [3.63, 3.8) is 0 Å². The van der Waals surface area contributed by atoms with Crippen molar-refractivity contribution in [3.05, 3.63) is 41.7 Å². The van der Waals surface area contributed by atoms with Gasteiger partial charge >= 0.3 is 6.30 Å². The van der Waals surface area contributed by atoms with Crippen LogP contribution in [0.5, 0.6) is 0 Å². The summed E-state index contributed by atoms with van der Waals surface area (Å²) >= 11 is 0. The normalized spacial score (nSPS) is 18.3. The zero-order valence-corrected chi connectivity index (χ0v) is 19.0. The Labute approximate surface area is 198 Å². The Morgan fingerprint density at radius 1 is 1.14 bits per heavy atom. The minimum absolute atomic E-state index is 0.119. The average Bonchev–Trinajstić information content (AvgIpc) is 3.52. The molecular weight excluding hydrogens is 463 g/mol. The van der Waals surface area contributed by atoms with E-state index in [1.807, 2.05) is 0 Å². The minimum Gasteiger partial charge on any atom is -0.355 e. The van der Waals surface area contributed by atoms with E-state index in [0.29, 0.717) is 17.6 Å². The van der Waals surface area contributed by atoms with E-state index < -0.39 is 18.1 Å². The van der Waals surface area contributed by atoms with Crippen LogP contribution in [-0.4, -0.2) is 51.0 Å². The Balaban J connectivity index is 1.60. The van der Waals surface area contributed by atoms with Gasteiger partial charge in [-0.2, -0.15) is 10.1 Å². The number of nitrogens with one attached hydrogen (secondary N) is 2. The van der Waals surface area contributed by atoms with Crippen LogP contribution in [0.4, 0.5) is 24.8 Å². The third-order valence-corrected chi connectivity index (χ3v) is 6.39. The molecule has 1 aliphatic heterocycles. The molecule has 0 bridgehead atoms. The van der Waals surface area contributed by atoms with Gasteiger partial charge in [0, 0.05) is 26.2 Å². The minimum atomic E-state index is -4.87. The Morgan fingerprint density at radius 3 is 2.60 bits per heavy atom. The molecule has 2 amide bonds. The van der Waals surface area contributed by atoms with Gasteiger partial charge in [-0.1, -0.05) is 31.0 Å². The maximum atomic E-state index is 13.9. The molecule has 184 valence electrons. The summed E-state index contributed by atoms with van der Waals surface area (Å²) in [5, 5.41) is 10.7. The lowest BCUT2D eigenvalue weighted by atomic mass is 9.95. The molecule has 1 aromatic carbocycles. The fourth-order valence-electron chi connectivity index (χ4n) is 4.85. The summed E-state index contributed by atoms with van der Waals surface area (Å²) in [5.41, 5.74) is 0.503. The van der Waals surface area contributed by atoms with E-state index in [2.05, 4.69) is 25.7 Å². The van der Waals surface area contributed by atoms with E-state index >= 15 is 0 Å². The largest absolute Gasteiger partial charge is 0.491 e. The van der Waals surface area contributed by atoms with Gasteiger partial charge in [0.1, 0.15) is 5.92 Å². The second-order valence-corrected chi connectivity index (χ2v) is 8.76. The number of halogens is 3. The molecule has 5 rings (SSSR count). The van der Waals surface area contributed by atoms with Crippen molar-refractivity contribution in [3.8, 4) is 0 Å². The van der Waals surface area contributed by atoms with Gasteiger partial charge in [-0.15, -0.1) is 13.2 Å². The van der Waals surface area contributed by atoms with Gasteiger partial charge in [0.05, 0.1) is 22.8 Å². The molecule has 0 saturated heterocycles. The van der Waals surface area contributed by atoms with Crippen molar-refractivity contribution < 1.29 is 22.8 Å². The first-order chi connectivity index (χ1) is 16.7. The third kappa shape index (κ3) is 4.28. The number of nitrogens with zero attached hydrogens (tertiary/aromatic N) is 5. The highest BCUT2D eigenvalue weighted by molar-refractivity contribution is 6.08. The van der Waals surface area contributed by atoms with Crippen molar-refractivity contribution >= 4 is 34.5 Å². The molecule has 0 spiro atoms. The smallest absolute Gasteiger partial charge is 0.355 e. The lowest BCUT2D eigenvalue weighted by Gasteiger charge is -2.20. The number of benzene rings is 1. The number of anilines is 2. The Kier molecular flexibility index (Phi) is 5.81. The quantitative estimate of drug-likeness (QED) is 0.408.